The molecule has 5 nitrogen and oxygen atoms in total. The summed E-state index contributed by atoms with van der Waals surface area (Å²) in [6, 6.07) is 10.8. The number of halogens is 1. The van der Waals surface area contributed by atoms with Gasteiger partial charge < -0.3 is 10.7 Å². The largest absolute Gasteiger partial charge is 0.321 e. The van der Waals surface area contributed by atoms with Gasteiger partial charge >= 0.3 is 0 Å². The number of anilines is 2. The molecule has 0 fully saturated rings. The molecular formula is C21H23FN4O. The van der Waals surface area contributed by atoms with Crippen molar-refractivity contribution in [2.75, 3.05) is 17.8 Å². The molecule has 2 rings (SSSR count). The quantitative estimate of drug-likeness (QED) is 0.454. The Hall–Kier alpha value is -3.25. The SMILES string of the molecule is C=C/C=C(F)\C=C/CCc1cc(NC(=O)c2ccccn2)ccc1NNC. The molecule has 0 unspecified atom stereocenters. The van der Waals surface area contributed by atoms with Gasteiger partial charge in [-0.15, -0.1) is 0 Å². The van der Waals surface area contributed by atoms with Gasteiger partial charge in [-0.05, 0) is 60.9 Å². The van der Waals surface area contributed by atoms with E-state index >= 15 is 0 Å². The summed E-state index contributed by atoms with van der Waals surface area (Å²) >= 11 is 0. The van der Waals surface area contributed by atoms with E-state index in [1.54, 1.807) is 37.5 Å². The van der Waals surface area contributed by atoms with Crippen molar-refractivity contribution in [3.8, 4) is 0 Å². The number of hydrogen-bond acceptors (Lipinski definition) is 4. The van der Waals surface area contributed by atoms with Crippen molar-refractivity contribution in [3.63, 3.8) is 0 Å². The van der Waals surface area contributed by atoms with Gasteiger partial charge in [0.1, 0.15) is 11.5 Å². The fourth-order valence-electron chi connectivity index (χ4n) is 2.43. The van der Waals surface area contributed by atoms with Crippen molar-refractivity contribution >= 4 is 17.3 Å². The number of aromatic nitrogens is 1. The lowest BCUT2D eigenvalue weighted by Crippen LogP contribution is -2.17. The Morgan fingerprint density at radius 1 is 1.30 bits per heavy atom. The molecule has 0 aliphatic carbocycles. The summed E-state index contributed by atoms with van der Waals surface area (Å²) in [5, 5.41) is 2.85. The van der Waals surface area contributed by atoms with Crippen LogP contribution >= 0.6 is 0 Å². The van der Waals surface area contributed by atoms with Crippen molar-refractivity contribution in [2.45, 2.75) is 12.8 Å². The molecule has 0 aliphatic rings. The van der Waals surface area contributed by atoms with E-state index < -0.39 is 0 Å². The molecule has 3 N–H and O–H groups in total. The summed E-state index contributed by atoms with van der Waals surface area (Å²) in [6.07, 6.45) is 8.79. The molecule has 0 atom stereocenters. The summed E-state index contributed by atoms with van der Waals surface area (Å²) in [5.41, 5.74) is 8.85. The Bertz CT molecular complexity index is 831. The molecule has 1 heterocycles. The maximum absolute atomic E-state index is 13.3. The van der Waals surface area contributed by atoms with Crippen LogP contribution in [0.5, 0.6) is 0 Å². The van der Waals surface area contributed by atoms with Gasteiger partial charge in [-0.1, -0.05) is 24.8 Å². The fraction of sp³-hybridized carbons (Fsp3) is 0.143. The van der Waals surface area contributed by atoms with Crippen LogP contribution in [0.25, 0.3) is 0 Å². The van der Waals surface area contributed by atoms with E-state index in [4.69, 9.17) is 0 Å². The Kier molecular flexibility index (Phi) is 7.93. The average molecular weight is 366 g/mol. The maximum Gasteiger partial charge on any atom is 0.274 e. The van der Waals surface area contributed by atoms with Crippen LogP contribution in [0.1, 0.15) is 22.5 Å². The average Bonchev–Trinajstić information content (AvgIpc) is 2.68. The molecule has 0 bridgehead atoms. The summed E-state index contributed by atoms with van der Waals surface area (Å²) < 4.78 is 13.3. The van der Waals surface area contributed by atoms with Crippen molar-refractivity contribution in [2.24, 2.45) is 0 Å². The minimum atomic E-state index is -0.338. The highest BCUT2D eigenvalue weighted by Gasteiger charge is 2.09. The van der Waals surface area contributed by atoms with Gasteiger partial charge in [0, 0.05) is 18.9 Å². The number of pyridine rings is 1. The van der Waals surface area contributed by atoms with Gasteiger partial charge in [0.05, 0.1) is 5.69 Å². The molecule has 6 heteroatoms. The molecule has 0 spiro atoms. The second kappa shape index (κ2) is 10.7. The number of benzene rings is 1. The van der Waals surface area contributed by atoms with E-state index in [2.05, 4.69) is 27.7 Å². The third kappa shape index (κ3) is 6.52. The molecule has 1 amide bonds. The van der Waals surface area contributed by atoms with Crippen LogP contribution in [-0.2, 0) is 6.42 Å². The van der Waals surface area contributed by atoms with E-state index in [1.165, 1.54) is 18.2 Å². The van der Waals surface area contributed by atoms with Crippen LogP contribution in [0.3, 0.4) is 0 Å². The standard InChI is InChI=1S/C21H23FN4O/c1-3-8-17(22)10-5-4-9-16-15-18(12-13-19(16)26-23-2)25-21(27)20-11-6-7-14-24-20/h3,5-8,10-15,23,26H,1,4,9H2,2H3,(H,25,27)/b10-5-,17-8+. The minimum absolute atomic E-state index is 0.271. The first-order chi connectivity index (χ1) is 13.1. The smallest absolute Gasteiger partial charge is 0.274 e. The molecule has 27 heavy (non-hydrogen) atoms. The van der Waals surface area contributed by atoms with Gasteiger partial charge in [0.25, 0.3) is 5.91 Å². The van der Waals surface area contributed by atoms with Crippen molar-refractivity contribution in [3.05, 3.63) is 90.6 Å². The zero-order valence-electron chi connectivity index (χ0n) is 15.2. The van der Waals surface area contributed by atoms with Crippen molar-refractivity contribution in [1.29, 1.82) is 0 Å². The van der Waals surface area contributed by atoms with E-state index in [1.807, 2.05) is 18.2 Å². The zero-order chi connectivity index (χ0) is 19.5. The van der Waals surface area contributed by atoms with E-state index in [0.717, 1.165) is 11.3 Å². The molecular weight excluding hydrogens is 343 g/mol. The molecule has 1 aromatic heterocycles. The molecule has 0 saturated heterocycles. The monoisotopic (exact) mass is 366 g/mol. The van der Waals surface area contributed by atoms with Gasteiger partial charge in [0.15, 0.2) is 0 Å². The Labute approximate surface area is 158 Å². The Balaban J connectivity index is 2.10. The lowest BCUT2D eigenvalue weighted by atomic mass is 10.1. The number of amides is 1. The highest BCUT2D eigenvalue weighted by molar-refractivity contribution is 6.02. The van der Waals surface area contributed by atoms with Gasteiger partial charge in [0.2, 0.25) is 0 Å². The first kappa shape index (κ1) is 20.1. The van der Waals surface area contributed by atoms with Crippen LogP contribution in [0.2, 0.25) is 0 Å². The van der Waals surface area contributed by atoms with Crippen LogP contribution in [0, 0.1) is 0 Å². The predicted molar refractivity (Wildman–Crippen MR) is 108 cm³/mol. The van der Waals surface area contributed by atoms with Crippen molar-refractivity contribution in [1.82, 2.24) is 10.4 Å². The van der Waals surface area contributed by atoms with Crippen LogP contribution < -0.4 is 16.2 Å². The number of allylic oxidation sites excluding steroid dienone is 5. The topological polar surface area (TPSA) is 66.0 Å². The van der Waals surface area contributed by atoms with Crippen LogP contribution in [0.15, 0.2) is 79.3 Å². The van der Waals surface area contributed by atoms with E-state index in [9.17, 15) is 9.18 Å². The van der Waals surface area contributed by atoms with Crippen LogP contribution in [-0.4, -0.2) is 17.9 Å². The number of aryl methyl sites for hydroxylation is 1. The second-order valence-electron chi connectivity index (χ2n) is 5.64. The lowest BCUT2D eigenvalue weighted by molar-refractivity contribution is 0.102. The number of carbonyl (C=O) groups is 1. The molecule has 0 saturated carbocycles. The number of carbonyl (C=O) groups excluding carboxylic acids is 1. The van der Waals surface area contributed by atoms with E-state index in [0.29, 0.717) is 24.2 Å². The first-order valence-corrected chi connectivity index (χ1v) is 8.57. The number of hydrogen-bond donors (Lipinski definition) is 3. The van der Waals surface area contributed by atoms with Crippen LogP contribution in [0.4, 0.5) is 15.8 Å². The number of nitrogens with zero attached hydrogens (tertiary/aromatic N) is 1. The number of hydrazine groups is 1. The minimum Gasteiger partial charge on any atom is -0.321 e. The van der Waals surface area contributed by atoms with Crippen molar-refractivity contribution < 1.29 is 9.18 Å². The number of rotatable bonds is 9. The Morgan fingerprint density at radius 3 is 2.85 bits per heavy atom. The normalized spacial score (nSPS) is 11.4. The molecule has 0 radical (unpaired) electrons. The fourth-order valence-corrected chi connectivity index (χ4v) is 2.43. The molecule has 140 valence electrons. The summed E-state index contributed by atoms with van der Waals surface area (Å²) in [5.74, 6) is -0.609. The van der Waals surface area contributed by atoms with Gasteiger partial charge in [-0.3, -0.25) is 9.78 Å². The van der Waals surface area contributed by atoms with Gasteiger partial charge in [-0.25, -0.2) is 9.82 Å². The lowest BCUT2D eigenvalue weighted by Gasteiger charge is -2.13. The summed E-state index contributed by atoms with van der Waals surface area (Å²) in [6.45, 7) is 3.46. The predicted octanol–water partition coefficient (Wildman–Crippen LogP) is 4.41. The Morgan fingerprint density at radius 2 is 2.15 bits per heavy atom. The highest BCUT2D eigenvalue weighted by Crippen LogP contribution is 2.22. The summed E-state index contributed by atoms with van der Waals surface area (Å²) in [7, 11) is 1.77. The summed E-state index contributed by atoms with van der Waals surface area (Å²) in [4.78, 5) is 16.3. The highest BCUT2D eigenvalue weighted by atomic mass is 19.1. The maximum atomic E-state index is 13.3. The third-order valence-corrected chi connectivity index (χ3v) is 3.65. The van der Waals surface area contributed by atoms with E-state index in [-0.39, 0.29) is 11.7 Å². The first-order valence-electron chi connectivity index (χ1n) is 8.57. The zero-order valence-corrected chi connectivity index (χ0v) is 15.2. The molecule has 2 aromatic rings. The second-order valence-corrected chi connectivity index (χ2v) is 5.64. The van der Waals surface area contributed by atoms with Gasteiger partial charge in [-0.2, -0.15) is 0 Å². The third-order valence-electron chi connectivity index (χ3n) is 3.65. The number of nitrogens with one attached hydrogen (secondary N) is 3. The molecule has 1 aromatic carbocycles. The molecule has 0 aliphatic heterocycles.